The summed E-state index contributed by atoms with van der Waals surface area (Å²) in [4.78, 5) is 37.1. The quantitative estimate of drug-likeness (QED) is 0.355. The van der Waals surface area contributed by atoms with E-state index in [1.54, 1.807) is 24.3 Å². The fourth-order valence-corrected chi connectivity index (χ4v) is 3.90. The predicted octanol–water partition coefficient (Wildman–Crippen LogP) is 2.53. The van der Waals surface area contributed by atoms with E-state index in [-0.39, 0.29) is 25.0 Å². The molecule has 2 aromatic carbocycles. The molecule has 2 aromatic rings. The van der Waals surface area contributed by atoms with Crippen molar-refractivity contribution in [3.63, 3.8) is 0 Å². The van der Waals surface area contributed by atoms with Gasteiger partial charge in [0.05, 0.1) is 6.54 Å². The van der Waals surface area contributed by atoms with Gasteiger partial charge in [-0.05, 0) is 61.4 Å². The number of benzene rings is 2. The van der Waals surface area contributed by atoms with E-state index >= 15 is 0 Å². The first kappa shape index (κ1) is 26.0. The number of urea groups is 1. The summed E-state index contributed by atoms with van der Waals surface area (Å²) >= 11 is 0. The molecule has 9 heteroatoms. The maximum Gasteiger partial charge on any atom is 0.319 e. The highest BCUT2D eigenvalue weighted by atomic mass is 16.5. The molecule has 1 aliphatic carbocycles. The van der Waals surface area contributed by atoms with E-state index < -0.39 is 18.0 Å². The topological polar surface area (TPSA) is 135 Å². The highest BCUT2D eigenvalue weighted by Gasteiger charge is 2.26. The van der Waals surface area contributed by atoms with Gasteiger partial charge in [0, 0.05) is 18.3 Å². The van der Waals surface area contributed by atoms with Crippen LogP contribution in [0.5, 0.6) is 5.75 Å². The van der Waals surface area contributed by atoms with E-state index in [1.807, 2.05) is 30.3 Å². The van der Waals surface area contributed by atoms with Crippen LogP contribution in [-0.4, -0.2) is 43.0 Å². The van der Waals surface area contributed by atoms with Crippen LogP contribution >= 0.6 is 0 Å². The molecule has 6 N–H and O–H groups in total. The Morgan fingerprint density at radius 3 is 2.34 bits per heavy atom. The summed E-state index contributed by atoms with van der Waals surface area (Å²) < 4.78 is 5.76. The summed E-state index contributed by atoms with van der Waals surface area (Å²) in [6, 6.07) is 15.4. The van der Waals surface area contributed by atoms with Crippen LogP contribution in [0, 0.1) is 5.92 Å². The molecule has 0 spiro atoms. The van der Waals surface area contributed by atoms with Gasteiger partial charge in [-0.25, -0.2) is 4.79 Å². The number of carbonyl (C=O) groups is 3. The van der Waals surface area contributed by atoms with Crippen LogP contribution in [-0.2, 0) is 16.2 Å². The average Bonchev–Trinajstić information content (AvgIpc) is 2.87. The van der Waals surface area contributed by atoms with E-state index in [0.717, 1.165) is 31.2 Å². The number of carbonyl (C=O) groups excluding carboxylic acids is 3. The van der Waals surface area contributed by atoms with Gasteiger partial charge in [0.25, 0.3) is 0 Å². The molecule has 0 aromatic heterocycles. The van der Waals surface area contributed by atoms with E-state index in [4.69, 9.17) is 10.5 Å². The van der Waals surface area contributed by atoms with Gasteiger partial charge in [0.1, 0.15) is 18.4 Å². The average molecular weight is 482 g/mol. The molecule has 1 saturated carbocycles. The molecule has 0 unspecified atom stereocenters. The smallest absolute Gasteiger partial charge is 0.319 e. The highest BCUT2D eigenvalue weighted by Crippen LogP contribution is 2.23. The van der Waals surface area contributed by atoms with Crippen molar-refractivity contribution in [1.82, 2.24) is 16.0 Å². The van der Waals surface area contributed by atoms with Crippen molar-refractivity contribution >= 4 is 23.5 Å². The third-order valence-corrected chi connectivity index (χ3v) is 6.03. The minimum Gasteiger partial charge on any atom is -0.489 e. The normalized spacial score (nSPS) is 18.1. The number of anilines is 1. The summed E-state index contributed by atoms with van der Waals surface area (Å²) in [5.41, 5.74) is 6.95. The Hall–Kier alpha value is -3.59. The van der Waals surface area contributed by atoms with Crippen LogP contribution < -0.4 is 31.7 Å². The van der Waals surface area contributed by atoms with Gasteiger partial charge in [-0.1, -0.05) is 37.3 Å². The Balaban J connectivity index is 1.52. The lowest BCUT2D eigenvalue weighted by Gasteiger charge is -2.29. The van der Waals surface area contributed by atoms with Gasteiger partial charge in [0.15, 0.2) is 0 Å². The van der Waals surface area contributed by atoms with Crippen molar-refractivity contribution in [2.75, 3.05) is 18.4 Å². The minimum absolute atomic E-state index is 0.0509. The molecule has 0 heterocycles. The number of nitrogens with one attached hydrogen (secondary N) is 4. The van der Waals surface area contributed by atoms with Gasteiger partial charge in [-0.2, -0.15) is 0 Å². The first-order chi connectivity index (χ1) is 16.9. The molecule has 3 rings (SSSR count). The van der Waals surface area contributed by atoms with E-state index in [9.17, 15) is 14.4 Å². The van der Waals surface area contributed by atoms with Crippen LogP contribution in [0.25, 0.3) is 0 Å². The van der Waals surface area contributed by atoms with Crippen molar-refractivity contribution in [3.8, 4) is 5.75 Å². The fourth-order valence-electron chi connectivity index (χ4n) is 3.90. The van der Waals surface area contributed by atoms with Crippen molar-refractivity contribution in [1.29, 1.82) is 0 Å². The zero-order valence-corrected chi connectivity index (χ0v) is 20.1. The minimum atomic E-state index is -0.932. The zero-order chi connectivity index (χ0) is 25.0. The molecule has 9 nitrogen and oxygen atoms in total. The van der Waals surface area contributed by atoms with E-state index in [1.165, 1.54) is 0 Å². The number of rotatable bonds is 10. The Kier molecular flexibility index (Phi) is 9.92. The van der Waals surface area contributed by atoms with Crippen LogP contribution in [0.15, 0.2) is 54.6 Å². The third kappa shape index (κ3) is 8.94. The van der Waals surface area contributed by atoms with Crippen LogP contribution in [0.1, 0.15) is 38.2 Å². The lowest BCUT2D eigenvalue weighted by atomic mass is 9.87. The number of hydrogen-bond donors (Lipinski definition) is 5. The number of amides is 4. The molecule has 188 valence electrons. The second-order valence-corrected chi connectivity index (χ2v) is 8.92. The lowest BCUT2D eigenvalue weighted by molar-refractivity contribution is -0.124. The number of hydrogen-bond acceptors (Lipinski definition) is 5. The Morgan fingerprint density at radius 2 is 1.69 bits per heavy atom. The molecular weight excluding hydrogens is 446 g/mol. The second kappa shape index (κ2) is 13.3. The van der Waals surface area contributed by atoms with Crippen molar-refractivity contribution in [3.05, 3.63) is 60.2 Å². The summed E-state index contributed by atoms with van der Waals surface area (Å²) in [5.74, 6) is 0.592. The Morgan fingerprint density at radius 1 is 1.00 bits per heavy atom. The third-order valence-electron chi connectivity index (χ3n) is 6.03. The first-order valence-electron chi connectivity index (χ1n) is 12.0. The highest BCUT2D eigenvalue weighted by molar-refractivity contribution is 5.94. The van der Waals surface area contributed by atoms with Crippen LogP contribution in [0.3, 0.4) is 0 Å². The molecule has 0 saturated heterocycles. The number of nitrogens with two attached hydrogens (primary N) is 1. The predicted molar refractivity (Wildman–Crippen MR) is 135 cm³/mol. The standard InChI is InChI=1S/C26H35N5O4/c1-18-7-9-20(10-8-18)29-25(33)23(16-28-24(32)15-27)31-26(34)30-21-11-13-22(14-12-21)35-17-19-5-3-2-4-6-19/h2-6,11-14,18,20,23H,7-10,15-17,27H2,1H3,(H,28,32)(H,29,33)(H2,30,31,34)/t18?,20?,23-/m0/s1. The Labute approximate surface area is 206 Å². The summed E-state index contributed by atoms with van der Waals surface area (Å²) in [6.45, 7) is 2.40. The molecular formula is C26H35N5O4. The fraction of sp³-hybridized carbons (Fsp3) is 0.423. The second-order valence-electron chi connectivity index (χ2n) is 8.92. The van der Waals surface area contributed by atoms with E-state index in [2.05, 4.69) is 28.2 Å². The van der Waals surface area contributed by atoms with Crippen LogP contribution in [0.2, 0.25) is 0 Å². The Bertz CT molecular complexity index is 959. The monoisotopic (exact) mass is 481 g/mol. The molecule has 35 heavy (non-hydrogen) atoms. The van der Waals surface area contributed by atoms with Gasteiger partial charge in [-0.3, -0.25) is 9.59 Å². The molecule has 0 radical (unpaired) electrons. The lowest BCUT2D eigenvalue weighted by Crippen LogP contribution is -2.56. The van der Waals surface area contributed by atoms with Gasteiger partial charge in [0.2, 0.25) is 11.8 Å². The first-order valence-corrected chi connectivity index (χ1v) is 12.0. The zero-order valence-electron chi connectivity index (χ0n) is 20.1. The summed E-state index contributed by atoms with van der Waals surface area (Å²) in [5, 5.41) is 11.0. The van der Waals surface area contributed by atoms with Gasteiger partial charge < -0.3 is 31.7 Å². The van der Waals surface area contributed by atoms with Crippen molar-refractivity contribution < 1.29 is 19.1 Å². The SMILES string of the molecule is CC1CCC(NC(=O)[C@H](CNC(=O)CN)NC(=O)Nc2ccc(OCc3ccccc3)cc2)CC1. The molecule has 0 bridgehead atoms. The molecule has 4 amide bonds. The van der Waals surface area contributed by atoms with Gasteiger partial charge in [-0.15, -0.1) is 0 Å². The number of ether oxygens (including phenoxy) is 1. The molecule has 1 atom stereocenters. The maximum absolute atomic E-state index is 12.9. The van der Waals surface area contributed by atoms with Gasteiger partial charge >= 0.3 is 6.03 Å². The maximum atomic E-state index is 12.9. The van der Waals surface area contributed by atoms with Crippen LogP contribution in [0.4, 0.5) is 10.5 Å². The van der Waals surface area contributed by atoms with Crippen molar-refractivity contribution in [2.24, 2.45) is 11.7 Å². The molecule has 0 aliphatic heterocycles. The largest absolute Gasteiger partial charge is 0.489 e. The van der Waals surface area contributed by atoms with Crippen molar-refractivity contribution in [2.45, 2.75) is 51.3 Å². The molecule has 1 fully saturated rings. The molecule has 1 aliphatic rings. The van der Waals surface area contributed by atoms with E-state index in [0.29, 0.717) is 24.0 Å². The summed E-state index contributed by atoms with van der Waals surface area (Å²) in [6.07, 6.45) is 3.91. The summed E-state index contributed by atoms with van der Waals surface area (Å²) in [7, 11) is 0.